The maximum absolute atomic E-state index is 13.2. The molecule has 2 heterocycles. The lowest BCUT2D eigenvalue weighted by Crippen LogP contribution is -2.18. The van der Waals surface area contributed by atoms with E-state index in [1.54, 1.807) is 30.5 Å². The van der Waals surface area contributed by atoms with Crippen molar-refractivity contribution < 1.29 is 0 Å². The predicted molar refractivity (Wildman–Crippen MR) is 117 cm³/mol. The summed E-state index contributed by atoms with van der Waals surface area (Å²) in [4.78, 5) is 16.3. The molecule has 0 saturated heterocycles. The van der Waals surface area contributed by atoms with E-state index >= 15 is 0 Å². The van der Waals surface area contributed by atoms with Crippen LogP contribution in [0.4, 0.5) is 0 Å². The summed E-state index contributed by atoms with van der Waals surface area (Å²) in [5.41, 5.74) is 3.38. The second kappa shape index (κ2) is 7.02. The first-order valence-corrected chi connectivity index (χ1v) is 10.3. The molecule has 1 aliphatic carbocycles. The van der Waals surface area contributed by atoms with Crippen LogP contribution in [0.1, 0.15) is 29.7 Å². The number of rotatable bonds is 4. The number of aromatic amines is 1. The Morgan fingerprint density at radius 1 is 1.07 bits per heavy atom. The first kappa shape index (κ1) is 18.9. The Morgan fingerprint density at radius 2 is 1.70 bits per heavy atom. The molecule has 4 aromatic rings. The third-order valence-corrected chi connectivity index (χ3v) is 6.24. The molecule has 1 saturated carbocycles. The van der Waals surface area contributed by atoms with E-state index < -0.39 is 0 Å². The van der Waals surface area contributed by atoms with Gasteiger partial charge in [0.05, 0.1) is 11.3 Å². The van der Waals surface area contributed by atoms with Crippen LogP contribution in [-0.2, 0) is 11.8 Å². The van der Waals surface area contributed by atoms with Gasteiger partial charge in [-0.2, -0.15) is 14.9 Å². The summed E-state index contributed by atoms with van der Waals surface area (Å²) in [6.45, 7) is 0. The van der Waals surface area contributed by atoms with Gasteiger partial charge in [-0.3, -0.25) is 4.79 Å². The Morgan fingerprint density at radius 3 is 2.30 bits per heavy atom. The summed E-state index contributed by atoms with van der Waals surface area (Å²) < 4.78 is 1.32. The van der Waals surface area contributed by atoms with Crippen molar-refractivity contribution in [3.63, 3.8) is 0 Å². The number of nitrogens with zero attached hydrogens (tertiary/aromatic N) is 3. The maximum Gasteiger partial charge on any atom is 0.282 e. The third-order valence-electron chi connectivity index (χ3n) is 5.74. The van der Waals surface area contributed by atoms with Crippen LogP contribution in [0, 0.1) is 11.3 Å². The molecule has 7 heteroatoms. The molecule has 0 bridgehead atoms. The number of benzene rings is 2. The van der Waals surface area contributed by atoms with Crippen LogP contribution >= 0.6 is 23.2 Å². The van der Waals surface area contributed by atoms with Crippen molar-refractivity contribution in [2.24, 2.45) is 0 Å². The summed E-state index contributed by atoms with van der Waals surface area (Å²) in [6.07, 6.45) is 4.23. The number of H-pyrrole nitrogens is 1. The van der Waals surface area contributed by atoms with Crippen molar-refractivity contribution >= 4 is 28.8 Å². The van der Waals surface area contributed by atoms with Gasteiger partial charge in [0.15, 0.2) is 5.65 Å². The van der Waals surface area contributed by atoms with Gasteiger partial charge >= 0.3 is 0 Å². The first-order valence-electron chi connectivity index (χ1n) is 9.56. The fourth-order valence-corrected chi connectivity index (χ4v) is 4.22. The van der Waals surface area contributed by atoms with E-state index in [-0.39, 0.29) is 11.0 Å². The van der Waals surface area contributed by atoms with E-state index in [4.69, 9.17) is 23.2 Å². The Kier molecular flexibility index (Phi) is 4.43. The van der Waals surface area contributed by atoms with Crippen LogP contribution in [0.25, 0.3) is 16.8 Å². The summed E-state index contributed by atoms with van der Waals surface area (Å²) >= 11 is 12.0. The van der Waals surface area contributed by atoms with E-state index in [2.05, 4.69) is 16.2 Å². The molecule has 0 amide bonds. The van der Waals surface area contributed by atoms with Crippen LogP contribution in [0.3, 0.4) is 0 Å². The van der Waals surface area contributed by atoms with Gasteiger partial charge in [-0.1, -0.05) is 47.5 Å². The molecular formula is C23H16Cl2N4O. The highest BCUT2D eigenvalue weighted by Crippen LogP contribution is 2.51. The smallest absolute Gasteiger partial charge is 0.282 e. The lowest BCUT2D eigenvalue weighted by molar-refractivity contribution is 0.647. The fraction of sp³-hybridized carbons (Fsp3) is 0.174. The van der Waals surface area contributed by atoms with Crippen LogP contribution < -0.4 is 5.56 Å². The van der Waals surface area contributed by atoms with E-state index in [0.717, 1.165) is 30.4 Å². The average Bonchev–Trinajstić information content (AvgIpc) is 3.42. The van der Waals surface area contributed by atoms with E-state index in [1.165, 1.54) is 4.52 Å². The molecule has 2 aromatic heterocycles. The monoisotopic (exact) mass is 434 g/mol. The molecule has 0 atom stereocenters. The lowest BCUT2D eigenvalue weighted by Gasteiger charge is -2.13. The molecule has 0 spiro atoms. The summed E-state index contributed by atoms with van der Waals surface area (Å²) in [7, 11) is 0. The van der Waals surface area contributed by atoms with Crippen LogP contribution in [0.2, 0.25) is 10.0 Å². The van der Waals surface area contributed by atoms with Crippen molar-refractivity contribution in [1.29, 1.82) is 5.26 Å². The largest absolute Gasteiger partial charge is 0.345 e. The Hall–Kier alpha value is -3.07. The minimum absolute atomic E-state index is 0.231. The number of hydrogen-bond donors (Lipinski definition) is 1. The minimum Gasteiger partial charge on any atom is -0.345 e. The molecule has 1 aliphatic rings. The molecule has 2 aromatic carbocycles. The zero-order valence-electron chi connectivity index (χ0n) is 15.8. The zero-order valence-corrected chi connectivity index (χ0v) is 17.3. The van der Waals surface area contributed by atoms with Crippen molar-refractivity contribution in [2.45, 2.75) is 24.7 Å². The van der Waals surface area contributed by atoms with Crippen molar-refractivity contribution in [3.05, 3.63) is 91.9 Å². The molecule has 148 valence electrons. The topological polar surface area (TPSA) is 74.0 Å². The summed E-state index contributed by atoms with van der Waals surface area (Å²) in [6, 6.07) is 17.0. The second-order valence-electron chi connectivity index (χ2n) is 7.69. The number of fused-ring (bicyclic) bond motifs is 1. The average molecular weight is 435 g/mol. The van der Waals surface area contributed by atoms with E-state index in [0.29, 0.717) is 32.5 Å². The number of nitriles is 1. The highest BCUT2D eigenvalue weighted by molar-refractivity contribution is 6.30. The van der Waals surface area contributed by atoms with Gasteiger partial charge in [-0.15, -0.1) is 0 Å². The first-order chi connectivity index (χ1) is 14.5. The highest BCUT2D eigenvalue weighted by Gasteiger charge is 2.48. The molecule has 1 fully saturated rings. The van der Waals surface area contributed by atoms with Crippen molar-refractivity contribution in [3.8, 4) is 17.2 Å². The molecular weight excluding hydrogens is 419 g/mol. The Labute approximate surface area is 182 Å². The van der Waals surface area contributed by atoms with Crippen LogP contribution in [0.5, 0.6) is 0 Å². The Balaban J connectivity index is 1.62. The molecule has 5 rings (SSSR count). The normalized spacial score (nSPS) is 14.6. The molecule has 0 aliphatic heterocycles. The third kappa shape index (κ3) is 3.09. The van der Waals surface area contributed by atoms with E-state index in [1.807, 2.05) is 24.3 Å². The van der Waals surface area contributed by atoms with Gasteiger partial charge in [0.2, 0.25) is 0 Å². The number of aromatic nitrogens is 3. The molecule has 5 nitrogen and oxygen atoms in total. The quantitative estimate of drug-likeness (QED) is 0.482. The molecule has 0 radical (unpaired) electrons. The fourth-order valence-electron chi connectivity index (χ4n) is 3.97. The number of halogens is 2. The standard InChI is InChI=1S/C23H16Cl2N4O/c24-16-5-1-14(2-6-16)11-23(9-10-23)20-18(12-26)21-27-13-19(22(30)29(21)28-20)15-3-7-17(25)8-4-15/h1-8,13,27H,9-11H2. The molecule has 0 unspecified atom stereocenters. The minimum atomic E-state index is -0.267. The maximum atomic E-state index is 13.2. The van der Waals surface area contributed by atoms with Gasteiger partial charge in [0.1, 0.15) is 11.6 Å². The molecule has 30 heavy (non-hydrogen) atoms. The summed E-state index contributed by atoms with van der Waals surface area (Å²) in [5.74, 6) is 0. The summed E-state index contributed by atoms with van der Waals surface area (Å²) in [5, 5.41) is 15.8. The predicted octanol–water partition coefficient (Wildman–Crippen LogP) is 5.14. The SMILES string of the molecule is N#Cc1c(C2(Cc3ccc(Cl)cc3)CC2)nn2c(=O)c(-c3ccc(Cl)cc3)c[nH]c12. The number of hydrogen-bond acceptors (Lipinski definition) is 3. The van der Waals surface area contributed by atoms with Gasteiger partial charge in [0, 0.05) is 21.7 Å². The highest BCUT2D eigenvalue weighted by atomic mass is 35.5. The zero-order chi connectivity index (χ0) is 20.9. The van der Waals surface area contributed by atoms with Gasteiger partial charge in [-0.05, 0) is 54.7 Å². The van der Waals surface area contributed by atoms with Crippen molar-refractivity contribution in [1.82, 2.24) is 14.6 Å². The van der Waals surface area contributed by atoms with Crippen LogP contribution in [0.15, 0.2) is 59.5 Å². The van der Waals surface area contributed by atoms with Crippen LogP contribution in [-0.4, -0.2) is 14.6 Å². The second-order valence-corrected chi connectivity index (χ2v) is 8.57. The Bertz CT molecular complexity index is 1360. The van der Waals surface area contributed by atoms with Gasteiger partial charge < -0.3 is 4.98 Å². The van der Waals surface area contributed by atoms with Gasteiger partial charge in [0.25, 0.3) is 5.56 Å². The number of nitrogens with one attached hydrogen (secondary N) is 1. The lowest BCUT2D eigenvalue weighted by atomic mass is 9.91. The van der Waals surface area contributed by atoms with Crippen molar-refractivity contribution in [2.75, 3.05) is 0 Å². The van der Waals surface area contributed by atoms with E-state index in [9.17, 15) is 10.1 Å². The molecule has 1 N–H and O–H groups in total. The van der Waals surface area contributed by atoms with Gasteiger partial charge in [-0.25, -0.2) is 0 Å².